The van der Waals surface area contributed by atoms with Gasteiger partial charge in [0.2, 0.25) is 0 Å². The molecule has 1 aromatic carbocycles. The van der Waals surface area contributed by atoms with Crippen LogP contribution in [0.5, 0.6) is 0 Å². The summed E-state index contributed by atoms with van der Waals surface area (Å²) in [7, 11) is -3.51. The van der Waals surface area contributed by atoms with Crippen LogP contribution < -0.4 is 0 Å². The van der Waals surface area contributed by atoms with E-state index in [1.165, 1.54) is 32.1 Å². The summed E-state index contributed by atoms with van der Waals surface area (Å²) < 4.78 is 28.8. The second kappa shape index (κ2) is 7.07. The third kappa shape index (κ3) is 3.53. The van der Waals surface area contributed by atoms with Crippen LogP contribution in [0.15, 0.2) is 57.1 Å². The van der Waals surface area contributed by atoms with E-state index in [9.17, 15) is 8.42 Å². The molecule has 0 unspecified atom stereocenters. The van der Waals surface area contributed by atoms with Gasteiger partial charge in [0.25, 0.3) is 10.0 Å². The SMILES string of the molecule is CC1(C)[C@@H]2CN(S(=O)(=O)c3ccc(Br)cc3)/C=C\CC(=C3CCCCC3)[C@@H]21. The number of rotatable bonds is 2. The minimum absolute atomic E-state index is 0.180. The topological polar surface area (TPSA) is 37.4 Å². The Morgan fingerprint density at radius 2 is 1.74 bits per heavy atom. The van der Waals surface area contributed by atoms with Gasteiger partial charge in [-0.25, -0.2) is 8.42 Å². The van der Waals surface area contributed by atoms with Crippen molar-refractivity contribution < 1.29 is 8.42 Å². The van der Waals surface area contributed by atoms with Gasteiger partial charge in [-0.05, 0) is 73.6 Å². The minimum Gasteiger partial charge on any atom is -0.273 e. The average molecular weight is 450 g/mol. The third-order valence-corrected chi connectivity index (χ3v) is 9.03. The highest BCUT2D eigenvalue weighted by atomic mass is 79.9. The van der Waals surface area contributed by atoms with E-state index < -0.39 is 10.0 Å². The second-order valence-electron chi connectivity index (χ2n) is 8.71. The van der Waals surface area contributed by atoms with Crippen LogP contribution in [0, 0.1) is 17.3 Å². The fourth-order valence-corrected chi connectivity index (χ4v) is 6.66. The summed E-state index contributed by atoms with van der Waals surface area (Å²) in [6.45, 7) is 5.19. The zero-order valence-electron chi connectivity index (χ0n) is 16.1. The number of hydrogen-bond donors (Lipinski definition) is 0. The monoisotopic (exact) mass is 449 g/mol. The van der Waals surface area contributed by atoms with Gasteiger partial charge < -0.3 is 0 Å². The molecule has 2 aliphatic carbocycles. The molecule has 5 heteroatoms. The molecular weight excluding hydrogens is 422 g/mol. The summed E-state index contributed by atoms with van der Waals surface area (Å²) in [5.41, 5.74) is 3.46. The highest BCUT2D eigenvalue weighted by molar-refractivity contribution is 9.10. The fourth-order valence-electron chi connectivity index (χ4n) is 5.04. The normalized spacial score (nSPS) is 28.9. The largest absolute Gasteiger partial charge is 0.273 e. The molecule has 0 radical (unpaired) electrons. The maximum atomic E-state index is 13.2. The summed E-state index contributed by atoms with van der Waals surface area (Å²) in [6.07, 6.45) is 11.2. The van der Waals surface area contributed by atoms with Crippen LogP contribution in [-0.2, 0) is 10.0 Å². The molecule has 146 valence electrons. The number of nitrogens with zero attached hydrogens (tertiary/aromatic N) is 1. The summed E-state index contributed by atoms with van der Waals surface area (Å²) in [5.74, 6) is 0.926. The van der Waals surface area contributed by atoms with E-state index in [-0.39, 0.29) is 5.41 Å². The maximum Gasteiger partial charge on any atom is 0.263 e. The van der Waals surface area contributed by atoms with E-state index in [4.69, 9.17) is 0 Å². The fraction of sp³-hybridized carbons (Fsp3) is 0.545. The minimum atomic E-state index is -3.51. The van der Waals surface area contributed by atoms with Crippen LogP contribution >= 0.6 is 15.9 Å². The van der Waals surface area contributed by atoms with Crippen LogP contribution in [0.1, 0.15) is 52.4 Å². The quantitative estimate of drug-likeness (QED) is 0.527. The molecule has 3 aliphatic rings. The van der Waals surface area contributed by atoms with Crippen LogP contribution in [-0.4, -0.2) is 19.3 Å². The molecule has 0 spiro atoms. The molecule has 2 atom stereocenters. The lowest BCUT2D eigenvalue weighted by Gasteiger charge is -2.24. The van der Waals surface area contributed by atoms with Gasteiger partial charge in [0, 0.05) is 17.2 Å². The molecule has 0 bridgehead atoms. The van der Waals surface area contributed by atoms with Crippen LogP contribution in [0.25, 0.3) is 0 Å². The lowest BCUT2D eigenvalue weighted by atomic mass is 9.86. The first-order valence-corrected chi connectivity index (χ1v) is 12.2. The average Bonchev–Trinajstić information content (AvgIpc) is 3.14. The predicted octanol–water partition coefficient (Wildman–Crippen LogP) is 5.89. The molecule has 0 amide bonds. The first-order valence-electron chi connectivity index (χ1n) is 9.96. The second-order valence-corrected chi connectivity index (χ2v) is 11.5. The molecule has 1 heterocycles. The predicted molar refractivity (Wildman–Crippen MR) is 113 cm³/mol. The van der Waals surface area contributed by atoms with Gasteiger partial charge in [-0.3, -0.25) is 4.31 Å². The summed E-state index contributed by atoms with van der Waals surface area (Å²) in [4.78, 5) is 0.358. The number of sulfonamides is 1. The number of halogens is 1. The zero-order valence-corrected chi connectivity index (χ0v) is 18.5. The number of allylic oxidation sites excluding steroid dienone is 3. The van der Waals surface area contributed by atoms with Crippen molar-refractivity contribution in [3.63, 3.8) is 0 Å². The number of hydrogen-bond acceptors (Lipinski definition) is 2. The van der Waals surface area contributed by atoms with Crippen molar-refractivity contribution in [2.45, 2.75) is 57.3 Å². The number of benzene rings is 1. The van der Waals surface area contributed by atoms with E-state index in [2.05, 4.69) is 35.9 Å². The molecule has 4 rings (SSSR count). The molecule has 2 saturated carbocycles. The van der Waals surface area contributed by atoms with Gasteiger partial charge in [0.15, 0.2) is 0 Å². The summed E-state index contributed by atoms with van der Waals surface area (Å²) in [5, 5.41) is 0. The Morgan fingerprint density at radius 1 is 1.07 bits per heavy atom. The van der Waals surface area contributed by atoms with Crippen LogP contribution in [0.4, 0.5) is 0 Å². The van der Waals surface area contributed by atoms with E-state index in [1.54, 1.807) is 39.7 Å². The van der Waals surface area contributed by atoms with Gasteiger partial charge in [0.1, 0.15) is 0 Å². The van der Waals surface area contributed by atoms with Crippen molar-refractivity contribution in [3.05, 3.63) is 52.2 Å². The van der Waals surface area contributed by atoms with E-state index >= 15 is 0 Å². The smallest absolute Gasteiger partial charge is 0.263 e. The first kappa shape index (κ1) is 19.3. The van der Waals surface area contributed by atoms with E-state index in [0.717, 1.165) is 10.9 Å². The van der Waals surface area contributed by atoms with Gasteiger partial charge in [-0.2, -0.15) is 0 Å². The Morgan fingerprint density at radius 3 is 2.41 bits per heavy atom. The summed E-state index contributed by atoms with van der Waals surface area (Å²) in [6, 6.07) is 6.93. The van der Waals surface area contributed by atoms with Gasteiger partial charge in [-0.15, -0.1) is 0 Å². The highest BCUT2D eigenvalue weighted by Crippen LogP contribution is 2.64. The molecule has 3 nitrogen and oxygen atoms in total. The molecule has 1 aromatic rings. The first-order chi connectivity index (χ1) is 12.8. The Kier molecular flexibility index (Phi) is 5.04. The van der Waals surface area contributed by atoms with Crippen molar-refractivity contribution in [2.75, 3.05) is 6.54 Å². The van der Waals surface area contributed by atoms with Crippen LogP contribution in [0.2, 0.25) is 0 Å². The van der Waals surface area contributed by atoms with Crippen molar-refractivity contribution in [3.8, 4) is 0 Å². The zero-order chi connectivity index (χ0) is 19.2. The van der Waals surface area contributed by atoms with Gasteiger partial charge >= 0.3 is 0 Å². The standard InChI is InChI=1S/C22H28BrNO2S/c1-22(2)20-15-24(27(25,26)18-12-10-17(23)11-13-18)14-6-9-19(21(20)22)16-7-4-3-5-8-16/h6,10-14,20-21H,3-5,7-9,15H2,1-2H3/b14-6-/t20-,21+/m1/s1. The summed E-state index contributed by atoms with van der Waals surface area (Å²) >= 11 is 3.38. The van der Waals surface area contributed by atoms with Crippen molar-refractivity contribution in [1.82, 2.24) is 4.31 Å². The third-order valence-electron chi connectivity index (χ3n) is 6.74. The van der Waals surface area contributed by atoms with Crippen molar-refractivity contribution in [2.24, 2.45) is 17.3 Å². The highest BCUT2D eigenvalue weighted by Gasteiger charge is 2.60. The Labute approximate surface area is 171 Å². The van der Waals surface area contributed by atoms with E-state index in [1.807, 2.05) is 6.20 Å². The molecule has 0 aromatic heterocycles. The molecule has 0 N–H and O–H groups in total. The molecule has 1 aliphatic heterocycles. The Balaban J connectivity index is 1.66. The number of fused-ring (bicyclic) bond motifs is 1. The Hall–Kier alpha value is -1.07. The lowest BCUT2D eigenvalue weighted by molar-refractivity contribution is 0.441. The Bertz CT molecular complexity index is 875. The maximum absolute atomic E-state index is 13.2. The van der Waals surface area contributed by atoms with E-state index in [0.29, 0.717) is 23.3 Å². The van der Waals surface area contributed by atoms with Crippen molar-refractivity contribution in [1.29, 1.82) is 0 Å². The van der Waals surface area contributed by atoms with Gasteiger partial charge in [0.05, 0.1) is 4.90 Å². The lowest BCUT2D eigenvalue weighted by Crippen LogP contribution is -2.29. The van der Waals surface area contributed by atoms with Gasteiger partial charge in [-0.1, -0.05) is 53.4 Å². The van der Waals surface area contributed by atoms with Crippen molar-refractivity contribution >= 4 is 26.0 Å². The molecular formula is C22H28BrNO2S. The van der Waals surface area contributed by atoms with Crippen LogP contribution in [0.3, 0.4) is 0 Å². The molecule has 2 fully saturated rings. The molecule has 27 heavy (non-hydrogen) atoms. The molecule has 0 saturated heterocycles.